The summed E-state index contributed by atoms with van der Waals surface area (Å²) in [5, 5.41) is 27.3. The largest absolute Gasteiger partial charge is 0.480 e. The predicted octanol–water partition coefficient (Wildman–Crippen LogP) is -1.17. The van der Waals surface area contributed by atoms with Crippen molar-refractivity contribution < 1.29 is 15.0 Å². The molecule has 15 heavy (non-hydrogen) atoms. The van der Waals surface area contributed by atoms with Crippen LogP contribution in [0.1, 0.15) is 12.1 Å². The van der Waals surface area contributed by atoms with E-state index in [0.717, 1.165) is 0 Å². The maximum Gasteiger partial charge on any atom is 0.317 e. The number of carbonyl (C=O) groups is 1. The molecule has 0 bridgehead atoms. The van der Waals surface area contributed by atoms with Gasteiger partial charge in [0.05, 0.1) is 12.2 Å². The molecule has 1 aromatic heterocycles. The van der Waals surface area contributed by atoms with E-state index in [4.69, 9.17) is 10.2 Å². The zero-order valence-electron chi connectivity index (χ0n) is 8.26. The number of aryl methyl sites for hydroxylation is 1. The van der Waals surface area contributed by atoms with E-state index in [1.807, 2.05) is 0 Å². The predicted molar refractivity (Wildman–Crippen MR) is 51.1 cm³/mol. The molecular weight excluding hydrogens is 200 g/mol. The molecule has 0 spiro atoms. The molecule has 84 valence electrons. The summed E-state index contributed by atoms with van der Waals surface area (Å²) in [6.07, 6.45) is 2.36. The van der Waals surface area contributed by atoms with Crippen LogP contribution in [0.4, 0.5) is 0 Å². The Kier molecular flexibility index (Phi) is 4.72. The zero-order valence-corrected chi connectivity index (χ0v) is 8.26. The van der Waals surface area contributed by atoms with Crippen LogP contribution in [0.15, 0.2) is 6.20 Å². The van der Waals surface area contributed by atoms with Crippen molar-refractivity contribution in [3.05, 3.63) is 11.9 Å². The molecule has 0 aliphatic heterocycles. The minimum Gasteiger partial charge on any atom is -0.480 e. The summed E-state index contributed by atoms with van der Waals surface area (Å²) in [4.78, 5) is 10.2. The Hall–Kier alpha value is -1.47. The number of carboxylic acids is 1. The van der Waals surface area contributed by atoms with Gasteiger partial charge in [0.1, 0.15) is 0 Å². The molecule has 7 heteroatoms. The second-order valence-electron chi connectivity index (χ2n) is 3.05. The number of nitrogens with zero attached hydrogens (tertiary/aromatic N) is 3. The monoisotopic (exact) mass is 214 g/mol. The molecule has 1 rings (SSSR count). The molecule has 0 fully saturated rings. The highest BCUT2D eigenvalue weighted by atomic mass is 16.4. The van der Waals surface area contributed by atoms with Gasteiger partial charge in [0, 0.05) is 25.9 Å². The van der Waals surface area contributed by atoms with Crippen molar-refractivity contribution in [2.45, 2.75) is 19.5 Å². The van der Waals surface area contributed by atoms with Gasteiger partial charge in [-0.05, 0) is 6.42 Å². The Morgan fingerprint density at radius 2 is 2.40 bits per heavy atom. The quantitative estimate of drug-likeness (QED) is 0.529. The number of nitrogens with one attached hydrogen (secondary N) is 1. The van der Waals surface area contributed by atoms with Gasteiger partial charge in [-0.15, -0.1) is 5.10 Å². The number of hydrogen-bond donors (Lipinski definition) is 3. The van der Waals surface area contributed by atoms with Gasteiger partial charge < -0.3 is 15.5 Å². The van der Waals surface area contributed by atoms with Gasteiger partial charge in [-0.25, -0.2) is 0 Å². The Bertz CT molecular complexity index is 313. The molecule has 0 aliphatic rings. The van der Waals surface area contributed by atoms with Gasteiger partial charge in [-0.3, -0.25) is 9.48 Å². The third-order valence-electron chi connectivity index (χ3n) is 1.71. The third-order valence-corrected chi connectivity index (χ3v) is 1.71. The molecular formula is C8H14N4O3. The van der Waals surface area contributed by atoms with Gasteiger partial charge in [-0.2, -0.15) is 0 Å². The van der Waals surface area contributed by atoms with Gasteiger partial charge in [0.25, 0.3) is 0 Å². The highest BCUT2D eigenvalue weighted by Crippen LogP contribution is 1.93. The van der Waals surface area contributed by atoms with Crippen LogP contribution in [-0.4, -0.2) is 44.3 Å². The average molecular weight is 214 g/mol. The number of aliphatic hydroxyl groups excluding tert-OH is 1. The third kappa shape index (κ3) is 4.52. The summed E-state index contributed by atoms with van der Waals surface area (Å²) in [6, 6.07) is 0. The van der Waals surface area contributed by atoms with Crippen molar-refractivity contribution in [3.63, 3.8) is 0 Å². The van der Waals surface area contributed by atoms with Crippen LogP contribution in [0.2, 0.25) is 0 Å². The van der Waals surface area contributed by atoms with Crippen LogP contribution in [0.5, 0.6) is 0 Å². The number of carboxylic acid groups (broad SMARTS) is 1. The molecule has 3 N–H and O–H groups in total. The number of aliphatic hydroxyl groups is 1. The van der Waals surface area contributed by atoms with Crippen LogP contribution in [-0.2, 0) is 17.9 Å². The lowest BCUT2D eigenvalue weighted by molar-refractivity contribution is -0.135. The van der Waals surface area contributed by atoms with Crippen molar-refractivity contribution in [2.24, 2.45) is 0 Å². The van der Waals surface area contributed by atoms with Crippen LogP contribution in [0, 0.1) is 0 Å². The second kappa shape index (κ2) is 6.10. The number of aliphatic carboxylic acids is 1. The molecule has 0 atom stereocenters. The fraction of sp³-hybridized carbons (Fsp3) is 0.625. The molecule has 0 unspecified atom stereocenters. The molecule has 0 aromatic carbocycles. The van der Waals surface area contributed by atoms with Crippen molar-refractivity contribution in [1.82, 2.24) is 20.3 Å². The lowest BCUT2D eigenvalue weighted by Crippen LogP contribution is -2.22. The SMILES string of the molecule is O=C(O)CNCc1cn(CCCO)nn1. The second-order valence-corrected chi connectivity index (χ2v) is 3.05. The van der Waals surface area contributed by atoms with Crippen LogP contribution < -0.4 is 5.32 Å². The Balaban J connectivity index is 2.29. The first-order chi connectivity index (χ1) is 7.22. The summed E-state index contributed by atoms with van der Waals surface area (Å²) >= 11 is 0. The molecule has 1 aromatic rings. The lowest BCUT2D eigenvalue weighted by atomic mass is 10.4. The van der Waals surface area contributed by atoms with Crippen molar-refractivity contribution >= 4 is 5.97 Å². The van der Waals surface area contributed by atoms with Crippen molar-refractivity contribution in [3.8, 4) is 0 Å². The normalized spacial score (nSPS) is 10.5. The first kappa shape index (κ1) is 11.6. The fourth-order valence-corrected chi connectivity index (χ4v) is 1.06. The first-order valence-electron chi connectivity index (χ1n) is 4.64. The minimum absolute atomic E-state index is 0.0938. The maximum atomic E-state index is 10.2. The average Bonchev–Trinajstić information content (AvgIpc) is 2.62. The van der Waals surface area contributed by atoms with Gasteiger partial charge in [-0.1, -0.05) is 5.21 Å². The summed E-state index contributed by atoms with van der Waals surface area (Å²) in [5.74, 6) is -0.900. The summed E-state index contributed by atoms with van der Waals surface area (Å²) in [7, 11) is 0. The Morgan fingerprint density at radius 3 is 3.07 bits per heavy atom. The zero-order chi connectivity index (χ0) is 11.1. The summed E-state index contributed by atoms with van der Waals surface area (Å²) in [5.41, 5.74) is 0.689. The number of hydrogen-bond acceptors (Lipinski definition) is 5. The molecule has 7 nitrogen and oxygen atoms in total. The van der Waals surface area contributed by atoms with Gasteiger partial charge >= 0.3 is 5.97 Å². The number of aromatic nitrogens is 3. The van der Waals surface area contributed by atoms with E-state index in [9.17, 15) is 4.79 Å². The lowest BCUT2D eigenvalue weighted by Gasteiger charge is -1.97. The first-order valence-corrected chi connectivity index (χ1v) is 4.64. The van der Waals surface area contributed by atoms with E-state index in [1.54, 1.807) is 10.9 Å². The van der Waals surface area contributed by atoms with E-state index in [0.29, 0.717) is 25.2 Å². The fourth-order valence-electron chi connectivity index (χ4n) is 1.06. The molecule has 0 amide bonds. The van der Waals surface area contributed by atoms with Crippen LogP contribution in [0.3, 0.4) is 0 Å². The number of rotatable bonds is 7. The molecule has 0 saturated heterocycles. The summed E-state index contributed by atoms with van der Waals surface area (Å²) < 4.78 is 1.62. The maximum absolute atomic E-state index is 10.2. The van der Waals surface area contributed by atoms with E-state index < -0.39 is 5.97 Å². The van der Waals surface area contributed by atoms with E-state index in [-0.39, 0.29) is 13.2 Å². The summed E-state index contributed by atoms with van der Waals surface area (Å²) in [6.45, 7) is 1.02. The Morgan fingerprint density at radius 1 is 1.60 bits per heavy atom. The van der Waals surface area contributed by atoms with Gasteiger partial charge in [0.2, 0.25) is 0 Å². The smallest absolute Gasteiger partial charge is 0.317 e. The van der Waals surface area contributed by atoms with Crippen molar-refractivity contribution in [2.75, 3.05) is 13.2 Å². The minimum atomic E-state index is -0.900. The van der Waals surface area contributed by atoms with E-state index in [1.165, 1.54) is 0 Å². The molecule has 0 aliphatic carbocycles. The van der Waals surface area contributed by atoms with Gasteiger partial charge in [0.15, 0.2) is 0 Å². The molecule has 1 heterocycles. The van der Waals surface area contributed by atoms with E-state index in [2.05, 4.69) is 15.6 Å². The standard InChI is InChI=1S/C8H14N4O3/c13-3-1-2-12-6-7(10-11-12)4-9-5-8(14)15/h6,9,13H,1-5H2,(H,14,15). The topological polar surface area (TPSA) is 100 Å². The molecule has 0 radical (unpaired) electrons. The van der Waals surface area contributed by atoms with Crippen LogP contribution in [0.25, 0.3) is 0 Å². The highest BCUT2D eigenvalue weighted by Gasteiger charge is 2.01. The van der Waals surface area contributed by atoms with Crippen LogP contribution >= 0.6 is 0 Å². The van der Waals surface area contributed by atoms with Crippen molar-refractivity contribution in [1.29, 1.82) is 0 Å². The molecule has 0 saturated carbocycles. The Labute approximate surface area is 86.7 Å². The highest BCUT2D eigenvalue weighted by molar-refractivity contribution is 5.68. The van der Waals surface area contributed by atoms with E-state index >= 15 is 0 Å².